The largest absolute Gasteiger partial charge is 0.496 e. The van der Waals surface area contributed by atoms with E-state index in [-0.39, 0.29) is 12.5 Å². The first-order valence-electron chi connectivity index (χ1n) is 8.22. The molecule has 0 fully saturated rings. The van der Waals surface area contributed by atoms with Crippen LogP contribution in [0.4, 0.5) is 0 Å². The summed E-state index contributed by atoms with van der Waals surface area (Å²) in [6.45, 7) is 2.66. The van der Waals surface area contributed by atoms with E-state index in [2.05, 4.69) is 36.5 Å². The van der Waals surface area contributed by atoms with Gasteiger partial charge in [-0.15, -0.1) is 11.3 Å². The van der Waals surface area contributed by atoms with Gasteiger partial charge in [0, 0.05) is 17.5 Å². The van der Waals surface area contributed by atoms with Crippen molar-refractivity contribution in [2.24, 2.45) is 0 Å². The van der Waals surface area contributed by atoms with Crippen molar-refractivity contribution < 1.29 is 9.53 Å². The molecule has 26 heavy (non-hydrogen) atoms. The average Bonchev–Trinajstić information content (AvgIpc) is 3.01. The molecule has 134 valence electrons. The van der Waals surface area contributed by atoms with Gasteiger partial charge in [-0.05, 0) is 30.8 Å². The van der Waals surface area contributed by atoms with Gasteiger partial charge in [0.2, 0.25) is 5.91 Å². The quantitative estimate of drug-likeness (QED) is 0.633. The van der Waals surface area contributed by atoms with Gasteiger partial charge in [0.05, 0.1) is 12.8 Å². The van der Waals surface area contributed by atoms with Crippen molar-refractivity contribution in [3.05, 3.63) is 69.0 Å². The third-order valence-electron chi connectivity index (χ3n) is 4.10. The van der Waals surface area contributed by atoms with Crippen LogP contribution in [0.25, 0.3) is 11.3 Å². The van der Waals surface area contributed by atoms with E-state index in [0.29, 0.717) is 10.5 Å². The Morgan fingerprint density at radius 3 is 2.65 bits per heavy atom. The van der Waals surface area contributed by atoms with Crippen LogP contribution >= 0.6 is 23.6 Å². The maximum atomic E-state index is 12.5. The smallest absolute Gasteiger partial charge is 0.240 e. The SMILES string of the molecule is COc1ccccc1CNC(=O)Cn1c(-c2ccc(C)cc2)csc1=S. The van der Waals surface area contributed by atoms with Gasteiger partial charge in [-0.1, -0.05) is 48.0 Å². The lowest BCUT2D eigenvalue weighted by Crippen LogP contribution is -2.27. The van der Waals surface area contributed by atoms with E-state index in [0.717, 1.165) is 22.6 Å². The van der Waals surface area contributed by atoms with E-state index >= 15 is 0 Å². The van der Waals surface area contributed by atoms with Gasteiger partial charge in [-0.25, -0.2) is 0 Å². The van der Waals surface area contributed by atoms with Crippen LogP contribution in [0.1, 0.15) is 11.1 Å². The molecule has 0 aliphatic heterocycles. The molecule has 0 unspecified atom stereocenters. The highest BCUT2D eigenvalue weighted by Gasteiger charge is 2.11. The highest BCUT2D eigenvalue weighted by atomic mass is 32.1. The maximum Gasteiger partial charge on any atom is 0.240 e. The predicted octanol–water partition coefficient (Wildman–Crippen LogP) is 4.58. The molecule has 3 aromatic rings. The molecule has 4 nitrogen and oxygen atoms in total. The van der Waals surface area contributed by atoms with Crippen molar-refractivity contribution in [3.8, 4) is 17.0 Å². The Hall–Kier alpha value is -2.44. The second-order valence-corrected chi connectivity index (χ2v) is 7.43. The summed E-state index contributed by atoms with van der Waals surface area (Å²) in [6.07, 6.45) is 0. The molecule has 1 amide bonds. The van der Waals surface area contributed by atoms with Gasteiger partial charge in [0.1, 0.15) is 12.3 Å². The van der Waals surface area contributed by atoms with Crippen LogP contribution in [0.3, 0.4) is 0 Å². The van der Waals surface area contributed by atoms with Crippen molar-refractivity contribution in [2.75, 3.05) is 7.11 Å². The molecule has 1 heterocycles. The number of nitrogens with one attached hydrogen (secondary N) is 1. The zero-order chi connectivity index (χ0) is 18.5. The van der Waals surface area contributed by atoms with Crippen LogP contribution in [-0.4, -0.2) is 17.6 Å². The van der Waals surface area contributed by atoms with Crippen LogP contribution < -0.4 is 10.1 Å². The molecule has 1 aromatic heterocycles. The van der Waals surface area contributed by atoms with E-state index in [9.17, 15) is 4.79 Å². The first kappa shape index (κ1) is 18.4. The van der Waals surface area contributed by atoms with E-state index in [1.165, 1.54) is 16.9 Å². The Morgan fingerprint density at radius 2 is 1.92 bits per heavy atom. The number of carbonyl (C=O) groups is 1. The van der Waals surface area contributed by atoms with E-state index in [1.54, 1.807) is 7.11 Å². The Morgan fingerprint density at radius 1 is 1.19 bits per heavy atom. The second kappa shape index (κ2) is 8.29. The van der Waals surface area contributed by atoms with E-state index < -0.39 is 0 Å². The Kier molecular flexibility index (Phi) is 5.85. The lowest BCUT2D eigenvalue weighted by atomic mass is 10.1. The van der Waals surface area contributed by atoms with Crippen molar-refractivity contribution >= 4 is 29.5 Å². The standard InChI is InChI=1S/C20H20N2O2S2/c1-14-7-9-15(10-8-14)17-13-26-20(25)22(17)12-19(23)21-11-16-5-3-4-6-18(16)24-2/h3-10,13H,11-12H2,1-2H3,(H,21,23). The molecule has 0 atom stereocenters. The molecule has 0 spiro atoms. The van der Waals surface area contributed by atoms with Gasteiger partial charge in [-0.2, -0.15) is 0 Å². The molecular formula is C20H20N2O2S2. The molecule has 0 aliphatic rings. The topological polar surface area (TPSA) is 43.3 Å². The fourth-order valence-electron chi connectivity index (χ4n) is 2.67. The van der Waals surface area contributed by atoms with Crippen LogP contribution in [0.5, 0.6) is 5.75 Å². The Bertz CT molecular complexity index is 958. The maximum absolute atomic E-state index is 12.5. The minimum Gasteiger partial charge on any atom is -0.496 e. The minimum absolute atomic E-state index is 0.0845. The number of carbonyl (C=O) groups excluding carboxylic acids is 1. The third-order valence-corrected chi connectivity index (χ3v) is 5.37. The number of rotatable bonds is 6. The third kappa shape index (κ3) is 4.20. The predicted molar refractivity (Wildman–Crippen MR) is 108 cm³/mol. The molecule has 0 radical (unpaired) electrons. The lowest BCUT2D eigenvalue weighted by Gasteiger charge is -2.11. The number of nitrogens with zero attached hydrogens (tertiary/aromatic N) is 1. The van der Waals surface area contributed by atoms with Gasteiger partial charge in [0.25, 0.3) is 0 Å². The molecule has 3 rings (SSSR count). The molecule has 0 saturated carbocycles. The summed E-state index contributed by atoms with van der Waals surface area (Å²) in [5, 5.41) is 4.95. The number of methoxy groups -OCH3 is 1. The highest BCUT2D eigenvalue weighted by molar-refractivity contribution is 7.73. The van der Waals surface area contributed by atoms with E-state index in [1.807, 2.05) is 34.2 Å². The summed E-state index contributed by atoms with van der Waals surface area (Å²) in [5.74, 6) is 0.680. The molecule has 2 aromatic carbocycles. The van der Waals surface area contributed by atoms with Crippen LogP contribution in [0, 0.1) is 10.9 Å². The van der Waals surface area contributed by atoms with Crippen molar-refractivity contribution in [2.45, 2.75) is 20.0 Å². The van der Waals surface area contributed by atoms with Crippen LogP contribution in [-0.2, 0) is 17.9 Å². The second-order valence-electron chi connectivity index (χ2n) is 5.93. The molecule has 6 heteroatoms. The molecule has 0 aliphatic carbocycles. The fraction of sp³-hybridized carbons (Fsp3) is 0.200. The summed E-state index contributed by atoms with van der Waals surface area (Å²) >= 11 is 6.89. The summed E-state index contributed by atoms with van der Waals surface area (Å²) < 4.78 is 7.88. The minimum atomic E-state index is -0.0845. The number of hydrogen-bond acceptors (Lipinski definition) is 4. The number of thiazole rings is 1. The van der Waals surface area contributed by atoms with Gasteiger partial charge in [-0.3, -0.25) is 4.79 Å². The van der Waals surface area contributed by atoms with E-state index in [4.69, 9.17) is 17.0 Å². The van der Waals surface area contributed by atoms with Crippen LogP contribution in [0.15, 0.2) is 53.9 Å². The number of amides is 1. The number of ether oxygens (including phenoxy) is 1. The van der Waals surface area contributed by atoms with Crippen molar-refractivity contribution in [1.29, 1.82) is 0 Å². The number of aryl methyl sites for hydroxylation is 1. The molecule has 0 bridgehead atoms. The molecule has 0 saturated heterocycles. The summed E-state index contributed by atoms with van der Waals surface area (Å²) in [4.78, 5) is 12.5. The number of benzene rings is 2. The summed E-state index contributed by atoms with van der Waals surface area (Å²) in [7, 11) is 1.62. The molecular weight excluding hydrogens is 364 g/mol. The van der Waals surface area contributed by atoms with Gasteiger partial charge >= 0.3 is 0 Å². The number of aromatic nitrogens is 1. The van der Waals surface area contributed by atoms with Crippen molar-refractivity contribution in [3.63, 3.8) is 0 Å². The molecule has 1 N–H and O–H groups in total. The zero-order valence-corrected chi connectivity index (χ0v) is 16.3. The van der Waals surface area contributed by atoms with Gasteiger partial charge in [0.15, 0.2) is 3.95 Å². The average molecular weight is 385 g/mol. The van der Waals surface area contributed by atoms with Crippen LogP contribution in [0.2, 0.25) is 0 Å². The Balaban J connectivity index is 1.73. The number of para-hydroxylation sites is 1. The first-order chi connectivity index (χ1) is 12.6. The monoisotopic (exact) mass is 384 g/mol. The van der Waals surface area contributed by atoms with Crippen molar-refractivity contribution in [1.82, 2.24) is 9.88 Å². The Labute approximate surface area is 162 Å². The fourth-order valence-corrected chi connectivity index (χ4v) is 3.75. The normalized spacial score (nSPS) is 10.5. The van der Waals surface area contributed by atoms with Gasteiger partial charge < -0.3 is 14.6 Å². The lowest BCUT2D eigenvalue weighted by molar-refractivity contribution is -0.121. The number of hydrogen-bond donors (Lipinski definition) is 1. The summed E-state index contributed by atoms with van der Waals surface area (Å²) in [6, 6.07) is 15.9. The highest BCUT2D eigenvalue weighted by Crippen LogP contribution is 2.24. The summed E-state index contributed by atoms with van der Waals surface area (Å²) in [5.41, 5.74) is 4.16. The first-order valence-corrected chi connectivity index (χ1v) is 9.51. The zero-order valence-electron chi connectivity index (χ0n) is 14.7.